The van der Waals surface area contributed by atoms with Crippen molar-refractivity contribution in [3.05, 3.63) is 59.1 Å². The summed E-state index contributed by atoms with van der Waals surface area (Å²) in [5.41, 5.74) is 0.950. The van der Waals surface area contributed by atoms with Crippen molar-refractivity contribution in [2.24, 2.45) is 0 Å². The highest BCUT2D eigenvalue weighted by molar-refractivity contribution is 6.31. The SMILES string of the molecule is COc1ccc(NC(=O)CN(C)C(=O)CNC(=O)c2cccc(Cl)c2)cc1. The summed E-state index contributed by atoms with van der Waals surface area (Å²) in [5.74, 6) is -0.481. The Morgan fingerprint density at radius 2 is 1.81 bits per heavy atom. The molecule has 0 spiro atoms. The molecule has 0 bridgehead atoms. The molecule has 142 valence electrons. The van der Waals surface area contributed by atoms with Crippen LogP contribution >= 0.6 is 11.6 Å². The van der Waals surface area contributed by atoms with Gasteiger partial charge in [-0.1, -0.05) is 17.7 Å². The molecule has 8 heteroatoms. The summed E-state index contributed by atoms with van der Waals surface area (Å²) < 4.78 is 5.05. The van der Waals surface area contributed by atoms with Crippen molar-refractivity contribution < 1.29 is 19.1 Å². The van der Waals surface area contributed by atoms with E-state index in [0.29, 0.717) is 22.0 Å². The molecule has 0 heterocycles. The van der Waals surface area contributed by atoms with Crippen LogP contribution in [0.2, 0.25) is 5.02 Å². The highest BCUT2D eigenvalue weighted by Gasteiger charge is 2.15. The van der Waals surface area contributed by atoms with E-state index in [1.165, 1.54) is 18.0 Å². The number of amides is 3. The van der Waals surface area contributed by atoms with Gasteiger partial charge in [0.1, 0.15) is 5.75 Å². The van der Waals surface area contributed by atoms with E-state index in [-0.39, 0.29) is 19.0 Å². The highest BCUT2D eigenvalue weighted by atomic mass is 35.5. The van der Waals surface area contributed by atoms with Crippen LogP contribution in [-0.4, -0.2) is 49.9 Å². The number of nitrogens with zero attached hydrogens (tertiary/aromatic N) is 1. The molecule has 0 atom stereocenters. The Labute approximate surface area is 162 Å². The van der Waals surface area contributed by atoms with Gasteiger partial charge in [-0.25, -0.2) is 0 Å². The molecule has 7 nitrogen and oxygen atoms in total. The van der Waals surface area contributed by atoms with Crippen LogP contribution in [0.15, 0.2) is 48.5 Å². The molecule has 0 saturated carbocycles. The van der Waals surface area contributed by atoms with Crippen LogP contribution in [0.4, 0.5) is 5.69 Å². The number of halogens is 1. The largest absolute Gasteiger partial charge is 0.497 e. The maximum atomic E-state index is 12.1. The Kier molecular flexibility index (Phi) is 7.19. The number of rotatable bonds is 7. The Balaban J connectivity index is 1.80. The molecule has 0 aliphatic rings. The third-order valence-electron chi connectivity index (χ3n) is 3.67. The molecule has 0 aliphatic carbocycles. The maximum absolute atomic E-state index is 12.1. The number of carbonyl (C=O) groups is 3. The zero-order chi connectivity index (χ0) is 19.8. The van der Waals surface area contributed by atoms with Crippen molar-refractivity contribution in [2.75, 3.05) is 32.6 Å². The fraction of sp³-hybridized carbons (Fsp3) is 0.211. The summed E-state index contributed by atoms with van der Waals surface area (Å²) in [6.45, 7) is -0.366. The lowest BCUT2D eigenvalue weighted by molar-refractivity contribution is -0.132. The minimum absolute atomic E-state index is 0.141. The molecular formula is C19H20ClN3O4. The second-order valence-electron chi connectivity index (χ2n) is 5.72. The monoisotopic (exact) mass is 389 g/mol. The van der Waals surface area contributed by atoms with Crippen LogP contribution in [0.5, 0.6) is 5.75 Å². The van der Waals surface area contributed by atoms with Crippen molar-refractivity contribution in [3.63, 3.8) is 0 Å². The first-order valence-electron chi connectivity index (χ1n) is 8.10. The Morgan fingerprint density at radius 1 is 1.11 bits per heavy atom. The van der Waals surface area contributed by atoms with Gasteiger partial charge < -0.3 is 20.3 Å². The van der Waals surface area contributed by atoms with Gasteiger partial charge >= 0.3 is 0 Å². The summed E-state index contributed by atoms with van der Waals surface area (Å²) in [5, 5.41) is 5.63. The van der Waals surface area contributed by atoms with E-state index in [2.05, 4.69) is 10.6 Å². The van der Waals surface area contributed by atoms with Gasteiger partial charge in [0, 0.05) is 23.3 Å². The van der Waals surface area contributed by atoms with Gasteiger partial charge in [0.15, 0.2) is 0 Å². The lowest BCUT2D eigenvalue weighted by Gasteiger charge is -2.17. The smallest absolute Gasteiger partial charge is 0.251 e. The molecule has 0 saturated heterocycles. The van der Waals surface area contributed by atoms with Gasteiger partial charge in [0.25, 0.3) is 5.91 Å². The van der Waals surface area contributed by atoms with Crippen LogP contribution in [0.3, 0.4) is 0 Å². The molecule has 0 fully saturated rings. The van der Waals surface area contributed by atoms with E-state index in [0.717, 1.165) is 0 Å². The normalized spacial score (nSPS) is 10.0. The first kappa shape index (κ1) is 20.3. The van der Waals surface area contributed by atoms with E-state index >= 15 is 0 Å². The number of methoxy groups -OCH3 is 1. The van der Waals surface area contributed by atoms with E-state index in [4.69, 9.17) is 16.3 Å². The third kappa shape index (κ3) is 6.31. The summed E-state index contributed by atoms with van der Waals surface area (Å²) in [6, 6.07) is 13.2. The zero-order valence-electron chi connectivity index (χ0n) is 15.0. The number of ether oxygens (including phenoxy) is 1. The van der Waals surface area contributed by atoms with Gasteiger partial charge in [0.05, 0.1) is 20.2 Å². The molecular weight excluding hydrogens is 370 g/mol. The summed E-state index contributed by atoms with van der Waals surface area (Å²) >= 11 is 5.84. The molecule has 2 aromatic carbocycles. The van der Waals surface area contributed by atoms with Crippen LogP contribution in [0.25, 0.3) is 0 Å². The van der Waals surface area contributed by atoms with Gasteiger partial charge in [0.2, 0.25) is 11.8 Å². The molecule has 0 unspecified atom stereocenters. The maximum Gasteiger partial charge on any atom is 0.251 e. The molecule has 3 amide bonds. The molecule has 0 aliphatic heterocycles. The minimum atomic E-state index is -0.415. The predicted molar refractivity (Wildman–Crippen MR) is 103 cm³/mol. The number of carbonyl (C=O) groups excluding carboxylic acids is 3. The number of nitrogens with one attached hydrogen (secondary N) is 2. The lowest BCUT2D eigenvalue weighted by Crippen LogP contribution is -2.41. The van der Waals surface area contributed by atoms with Crippen LogP contribution < -0.4 is 15.4 Å². The quantitative estimate of drug-likeness (QED) is 0.759. The fourth-order valence-corrected chi connectivity index (χ4v) is 2.39. The topological polar surface area (TPSA) is 87.7 Å². The fourth-order valence-electron chi connectivity index (χ4n) is 2.20. The van der Waals surface area contributed by atoms with Crippen molar-refractivity contribution in [2.45, 2.75) is 0 Å². The molecule has 2 aromatic rings. The van der Waals surface area contributed by atoms with E-state index in [1.54, 1.807) is 49.6 Å². The van der Waals surface area contributed by atoms with Crippen molar-refractivity contribution in [3.8, 4) is 5.75 Å². The third-order valence-corrected chi connectivity index (χ3v) is 3.90. The number of anilines is 1. The molecule has 0 aromatic heterocycles. The number of likely N-dealkylation sites (N-methyl/N-ethyl adjacent to an activating group) is 1. The summed E-state index contributed by atoms with van der Waals surface area (Å²) in [7, 11) is 3.04. The summed E-state index contributed by atoms with van der Waals surface area (Å²) in [4.78, 5) is 37.4. The number of hydrogen-bond donors (Lipinski definition) is 2. The van der Waals surface area contributed by atoms with Crippen LogP contribution in [0.1, 0.15) is 10.4 Å². The number of hydrogen-bond acceptors (Lipinski definition) is 4. The summed E-state index contributed by atoms with van der Waals surface area (Å²) in [6.07, 6.45) is 0. The molecule has 27 heavy (non-hydrogen) atoms. The first-order chi connectivity index (χ1) is 12.9. The molecule has 2 rings (SSSR count). The van der Waals surface area contributed by atoms with Gasteiger partial charge in [-0.15, -0.1) is 0 Å². The standard InChI is InChI=1S/C19H20ClN3O4/c1-23(12-17(24)22-15-6-8-16(27-2)9-7-15)18(25)11-21-19(26)13-4-3-5-14(20)10-13/h3-10H,11-12H2,1-2H3,(H,21,26)(H,22,24). The van der Waals surface area contributed by atoms with Crippen LogP contribution in [-0.2, 0) is 9.59 Å². The first-order valence-corrected chi connectivity index (χ1v) is 8.48. The Hall–Kier alpha value is -3.06. The van der Waals surface area contributed by atoms with Crippen molar-refractivity contribution in [1.82, 2.24) is 10.2 Å². The van der Waals surface area contributed by atoms with Crippen molar-refractivity contribution >= 4 is 35.0 Å². The van der Waals surface area contributed by atoms with E-state index in [9.17, 15) is 14.4 Å². The van der Waals surface area contributed by atoms with Gasteiger partial charge in [-0.3, -0.25) is 14.4 Å². The lowest BCUT2D eigenvalue weighted by atomic mass is 10.2. The van der Waals surface area contributed by atoms with Crippen molar-refractivity contribution in [1.29, 1.82) is 0 Å². The van der Waals surface area contributed by atoms with Gasteiger partial charge in [-0.2, -0.15) is 0 Å². The second kappa shape index (κ2) is 9.59. The second-order valence-corrected chi connectivity index (χ2v) is 6.16. The zero-order valence-corrected chi connectivity index (χ0v) is 15.7. The molecule has 0 radical (unpaired) electrons. The average molecular weight is 390 g/mol. The molecule has 2 N–H and O–H groups in total. The van der Waals surface area contributed by atoms with Gasteiger partial charge in [-0.05, 0) is 42.5 Å². The van der Waals surface area contributed by atoms with E-state index < -0.39 is 11.8 Å². The average Bonchev–Trinajstić information content (AvgIpc) is 2.66. The Morgan fingerprint density at radius 3 is 2.44 bits per heavy atom. The number of benzene rings is 2. The van der Waals surface area contributed by atoms with E-state index in [1.807, 2.05) is 0 Å². The highest BCUT2D eigenvalue weighted by Crippen LogP contribution is 2.15. The Bertz CT molecular complexity index is 824. The minimum Gasteiger partial charge on any atom is -0.497 e. The van der Waals surface area contributed by atoms with Crippen LogP contribution in [0, 0.1) is 0 Å². The predicted octanol–water partition coefficient (Wildman–Crippen LogP) is 2.18.